The molecule has 0 aliphatic heterocycles. The van der Waals surface area contributed by atoms with Gasteiger partial charge in [0, 0.05) is 5.41 Å². The Morgan fingerprint density at radius 1 is 1.24 bits per heavy atom. The van der Waals surface area contributed by atoms with Crippen molar-refractivity contribution in [2.45, 2.75) is 26.7 Å². The summed E-state index contributed by atoms with van der Waals surface area (Å²) >= 11 is 3.62. The van der Waals surface area contributed by atoms with Crippen molar-refractivity contribution < 1.29 is 4.74 Å². The highest BCUT2D eigenvalue weighted by Gasteiger charge is 2.20. The van der Waals surface area contributed by atoms with E-state index in [0.29, 0.717) is 6.61 Å². The van der Waals surface area contributed by atoms with Crippen LogP contribution >= 0.6 is 15.9 Å². The van der Waals surface area contributed by atoms with Crippen LogP contribution < -0.4 is 10.5 Å². The van der Waals surface area contributed by atoms with Gasteiger partial charge in [-0.15, -0.1) is 0 Å². The number of amidine groups is 1. The fourth-order valence-electron chi connectivity index (χ4n) is 2.16. The first-order chi connectivity index (χ1) is 9.92. The highest BCUT2D eigenvalue weighted by Crippen LogP contribution is 2.33. The van der Waals surface area contributed by atoms with Crippen molar-refractivity contribution in [1.29, 1.82) is 5.41 Å². The van der Waals surface area contributed by atoms with Crippen molar-refractivity contribution in [2.24, 2.45) is 11.1 Å². The third-order valence-corrected chi connectivity index (χ3v) is 4.58. The molecule has 0 aliphatic carbocycles. The second kappa shape index (κ2) is 6.48. The van der Waals surface area contributed by atoms with Crippen LogP contribution in [0.2, 0.25) is 0 Å². The molecule has 2 rings (SSSR count). The van der Waals surface area contributed by atoms with Crippen LogP contribution in [-0.2, 0) is 0 Å². The Morgan fingerprint density at radius 3 is 2.67 bits per heavy atom. The van der Waals surface area contributed by atoms with E-state index in [1.165, 1.54) is 5.39 Å². The van der Waals surface area contributed by atoms with Crippen molar-refractivity contribution in [1.82, 2.24) is 0 Å². The van der Waals surface area contributed by atoms with Crippen LogP contribution in [0.4, 0.5) is 0 Å². The highest BCUT2D eigenvalue weighted by atomic mass is 79.9. The Labute approximate surface area is 134 Å². The Bertz CT molecular complexity index is 652. The van der Waals surface area contributed by atoms with Crippen LogP contribution in [0.15, 0.2) is 40.9 Å². The van der Waals surface area contributed by atoms with E-state index in [1.807, 2.05) is 32.0 Å². The molecule has 2 aromatic rings. The van der Waals surface area contributed by atoms with Gasteiger partial charge in [-0.1, -0.05) is 44.2 Å². The second-order valence-corrected chi connectivity index (χ2v) is 6.64. The lowest BCUT2D eigenvalue weighted by molar-refractivity contribution is 0.286. The summed E-state index contributed by atoms with van der Waals surface area (Å²) in [6, 6.07) is 12.3. The van der Waals surface area contributed by atoms with Gasteiger partial charge in [0.15, 0.2) is 0 Å². The number of nitrogens with one attached hydrogen (secondary N) is 1. The average molecular weight is 349 g/mol. The van der Waals surface area contributed by atoms with E-state index in [-0.39, 0.29) is 11.3 Å². The van der Waals surface area contributed by atoms with Crippen LogP contribution in [0, 0.1) is 10.8 Å². The van der Waals surface area contributed by atoms with Gasteiger partial charge in [0.25, 0.3) is 0 Å². The standard InChI is InChI=1S/C17H21BrN2O/c1-17(2,16(19)20)10-5-11-21-14-9-8-12-6-3-4-7-13(12)15(14)18/h3-4,6-9H,5,10-11H2,1-2H3,(H3,19,20). The third kappa shape index (κ3) is 3.76. The maximum absolute atomic E-state index is 7.55. The van der Waals surface area contributed by atoms with Crippen LogP contribution in [0.3, 0.4) is 0 Å². The fraction of sp³-hybridized carbons (Fsp3) is 0.353. The zero-order valence-corrected chi connectivity index (χ0v) is 14.0. The molecule has 0 bridgehead atoms. The highest BCUT2D eigenvalue weighted by molar-refractivity contribution is 9.10. The minimum atomic E-state index is -0.260. The predicted octanol–water partition coefficient (Wildman–Crippen LogP) is 4.72. The summed E-state index contributed by atoms with van der Waals surface area (Å²) in [5.74, 6) is 1.09. The first kappa shape index (κ1) is 15.8. The molecule has 0 aromatic heterocycles. The van der Waals surface area contributed by atoms with E-state index < -0.39 is 0 Å². The third-order valence-electron chi connectivity index (χ3n) is 3.76. The molecule has 0 saturated heterocycles. The fourth-order valence-corrected chi connectivity index (χ4v) is 2.76. The molecule has 4 heteroatoms. The zero-order valence-electron chi connectivity index (χ0n) is 12.4. The van der Waals surface area contributed by atoms with Crippen molar-refractivity contribution >= 4 is 32.5 Å². The van der Waals surface area contributed by atoms with Crippen LogP contribution in [-0.4, -0.2) is 12.4 Å². The van der Waals surface area contributed by atoms with E-state index in [4.69, 9.17) is 15.9 Å². The van der Waals surface area contributed by atoms with E-state index in [1.54, 1.807) is 0 Å². The van der Waals surface area contributed by atoms with Crippen LogP contribution in [0.1, 0.15) is 26.7 Å². The van der Waals surface area contributed by atoms with Crippen molar-refractivity contribution in [3.63, 3.8) is 0 Å². The minimum absolute atomic E-state index is 0.231. The summed E-state index contributed by atoms with van der Waals surface area (Å²) in [7, 11) is 0. The molecule has 0 fully saturated rings. The Morgan fingerprint density at radius 2 is 1.95 bits per heavy atom. The molecule has 0 amide bonds. The molecule has 3 nitrogen and oxygen atoms in total. The second-order valence-electron chi connectivity index (χ2n) is 5.85. The van der Waals surface area contributed by atoms with Gasteiger partial charge in [0.2, 0.25) is 0 Å². The smallest absolute Gasteiger partial charge is 0.134 e. The minimum Gasteiger partial charge on any atom is -0.492 e. The number of hydrogen-bond acceptors (Lipinski definition) is 2. The first-order valence-electron chi connectivity index (χ1n) is 7.06. The lowest BCUT2D eigenvalue weighted by Crippen LogP contribution is -2.31. The topological polar surface area (TPSA) is 59.1 Å². The predicted molar refractivity (Wildman–Crippen MR) is 92.1 cm³/mol. The average Bonchev–Trinajstić information content (AvgIpc) is 2.45. The SMILES string of the molecule is CC(C)(CCCOc1ccc2ccccc2c1Br)C(=N)N. The largest absolute Gasteiger partial charge is 0.492 e. The molecule has 0 unspecified atom stereocenters. The molecular weight excluding hydrogens is 328 g/mol. The molecule has 3 N–H and O–H groups in total. The molecule has 0 saturated carbocycles. The van der Waals surface area contributed by atoms with Crippen molar-refractivity contribution in [3.8, 4) is 5.75 Å². The molecule has 0 spiro atoms. The maximum Gasteiger partial charge on any atom is 0.134 e. The lowest BCUT2D eigenvalue weighted by atomic mass is 9.87. The van der Waals surface area contributed by atoms with Crippen molar-refractivity contribution in [3.05, 3.63) is 40.9 Å². The normalized spacial score (nSPS) is 11.6. The monoisotopic (exact) mass is 348 g/mol. The molecule has 0 radical (unpaired) electrons. The molecule has 2 aromatic carbocycles. The van der Waals surface area contributed by atoms with Gasteiger partial charge in [0.05, 0.1) is 16.9 Å². The number of halogens is 1. The number of hydrogen-bond donors (Lipinski definition) is 2. The van der Waals surface area contributed by atoms with Gasteiger partial charge < -0.3 is 10.5 Å². The number of fused-ring (bicyclic) bond motifs is 1. The number of ether oxygens (including phenoxy) is 1. The van der Waals surface area contributed by atoms with Gasteiger partial charge in [-0.2, -0.15) is 0 Å². The lowest BCUT2D eigenvalue weighted by Gasteiger charge is -2.22. The van der Waals surface area contributed by atoms with Gasteiger partial charge in [0.1, 0.15) is 5.75 Å². The molecular formula is C17H21BrN2O. The summed E-state index contributed by atoms with van der Waals surface area (Å²) < 4.78 is 6.85. The number of benzene rings is 2. The van der Waals surface area contributed by atoms with Gasteiger partial charge in [-0.3, -0.25) is 5.41 Å². The van der Waals surface area contributed by atoms with E-state index >= 15 is 0 Å². The van der Waals surface area contributed by atoms with Crippen LogP contribution in [0.25, 0.3) is 10.8 Å². The van der Waals surface area contributed by atoms with E-state index in [9.17, 15) is 0 Å². The van der Waals surface area contributed by atoms with Gasteiger partial charge in [-0.25, -0.2) is 0 Å². The molecule has 21 heavy (non-hydrogen) atoms. The summed E-state index contributed by atoms with van der Waals surface area (Å²) in [5, 5.41) is 9.89. The molecule has 0 atom stereocenters. The first-order valence-corrected chi connectivity index (χ1v) is 7.86. The number of rotatable bonds is 6. The van der Waals surface area contributed by atoms with E-state index in [2.05, 4.69) is 34.1 Å². The van der Waals surface area contributed by atoms with E-state index in [0.717, 1.165) is 28.5 Å². The zero-order chi connectivity index (χ0) is 15.5. The Balaban J connectivity index is 1.98. The summed E-state index contributed by atoms with van der Waals surface area (Å²) in [6.07, 6.45) is 1.71. The van der Waals surface area contributed by atoms with Gasteiger partial charge >= 0.3 is 0 Å². The molecule has 112 valence electrons. The van der Waals surface area contributed by atoms with Crippen LogP contribution in [0.5, 0.6) is 5.75 Å². The van der Waals surface area contributed by atoms with Crippen molar-refractivity contribution in [2.75, 3.05) is 6.61 Å². The molecule has 0 heterocycles. The Kier molecular flexibility index (Phi) is 4.88. The summed E-state index contributed by atoms with van der Waals surface area (Å²) in [5.41, 5.74) is 5.32. The Hall–Kier alpha value is -1.55. The number of nitrogens with two attached hydrogens (primary N) is 1. The molecule has 0 aliphatic rings. The summed E-state index contributed by atoms with van der Waals surface area (Å²) in [6.45, 7) is 4.59. The summed E-state index contributed by atoms with van der Waals surface area (Å²) in [4.78, 5) is 0. The van der Waals surface area contributed by atoms with Gasteiger partial charge in [-0.05, 0) is 45.6 Å². The maximum atomic E-state index is 7.55. The quantitative estimate of drug-likeness (QED) is 0.450.